The fourth-order valence-electron chi connectivity index (χ4n) is 11.6. The Balaban J connectivity index is 0.000000186. The number of pyridine rings is 2. The van der Waals surface area contributed by atoms with Crippen molar-refractivity contribution in [1.82, 2.24) is 9.97 Å². The number of hydrogen-bond donors (Lipinski definition) is 4. The van der Waals surface area contributed by atoms with Gasteiger partial charge < -0.3 is 30.3 Å². The molecule has 10 nitrogen and oxygen atoms in total. The Morgan fingerprint density at radius 2 is 1.06 bits per heavy atom. The van der Waals surface area contributed by atoms with Crippen LogP contribution in [0.5, 0.6) is 11.5 Å². The van der Waals surface area contributed by atoms with Gasteiger partial charge in [-0.3, -0.25) is 19.6 Å². The Hall–Kier alpha value is -4.80. The summed E-state index contributed by atoms with van der Waals surface area (Å²) < 4.78 is 12.4. The number of nitrogens with zero attached hydrogens (tertiary/aromatic N) is 2. The number of ether oxygens (including phenoxy) is 2. The summed E-state index contributed by atoms with van der Waals surface area (Å²) >= 11 is 0. The number of aromatic nitrogens is 2. The minimum Gasteiger partial charge on any atom is -0.493 e. The maximum atomic E-state index is 12.9. The molecule has 2 aliphatic heterocycles. The third-order valence-electron chi connectivity index (χ3n) is 15.1. The van der Waals surface area contributed by atoms with Gasteiger partial charge in [-0.25, -0.2) is 0 Å². The van der Waals surface area contributed by atoms with Crippen LogP contribution in [-0.4, -0.2) is 56.4 Å². The number of carbonyl (C=O) groups is 2. The molecule has 0 radical (unpaired) electrons. The minimum absolute atomic E-state index is 0.000743. The van der Waals surface area contributed by atoms with Crippen molar-refractivity contribution in [2.75, 3.05) is 23.8 Å². The monoisotopic (exact) mass is 845 g/mol. The number of benzene rings is 2. The Morgan fingerprint density at radius 1 is 0.645 bits per heavy atom. The lowest BCUT2D eigenvalue weighted by Crippen LogP contribution is -2.47. The average Bonchev–Trinajstić information content (AvgIpc) is 3.52. The van der Waals surface area contributed by atoms with Crippen molar-refractivity contribution in [1.29, 1.82) is 0 Å². The van der Waals surface area contributed by atoms with E-state index in [1.165, 1.54) is 11.1 Å². The van der Waals surface area contributed by atoms with Gasteiger partial charge in [-0.05, 0) is 151 Å². The molecule has 2 aromatic heterocycles. The summed E-state index contributed by atoms with van der Waals surface area (Å²) in [6.07, 6.45) is 16.3. The molecule has 332 valence electrons. The van der Waals surface area contributed by atoms with Crippen LogP contribution in [0.1, 0.15) is 161 Å². The van der Waals surface area contributed by atoms with Gasteiger partial charge >= 0.3 is 0 Å². The molecule has 2 amide bonds. The lowest BCUT2D eigenvalue weighted by molar-refractivity contribution is -0.0546. The average molecular weight is 845 g/mol. The first kappa shape index (κ1) is 45.2. The number of fused-ring (bicyclic) bond motifs is 6. The first-order chi connectivity index (χ1) is 29.8. The Bertz CT molecular complexity index is 2070. The van der Waals surface area contributed by atoms with Crippen molar-refractivity contribution in [2.45, 2.75) is 153 Å². The predicted molar refractivity (Wildman–Crippen MR) is 245 cm³/mol. The number of hydrogen-bond acceptors (Lipinski definition) is 8. The molecule has 4 aromatic rings. The SMILES string of the molecule is CCC[C@@]1(O)CC[C@@]2(CC)c3ccc(C(=O)Nc4cccnc4C)cc3OCC[C@H]2C1.CCC[C@]1(O)CC[C@]2(CC)c3ccc(C(=O)Nc4cccnc4C)cc3OCC[C@@H]2C1. The summed E-state index contributed by atoms with van der Waals surface area (Å²) in [6.45, 7) is 13.8. The van der Waals surface area contributed by atoms with Crippen LogP contribution in [0.15, 0.2) is 73.1 Å². The molecule has 4 aliphatic rings. The third-order valence-corrected chi connectivity index (χ3v) is 15.1. The maximum absolute atomic E-state index is 12.9. The van der Waals surface area contributed by atoms with E-state index in [1.54, 1.807) is 12.4 Å². The van der Waals surface area contributed by atoms with Gasteiger partial charge in [0.25, 0.3) is 11.8 Å². The van der Waals surface area contributed by atoms with Gasteiger partial charge in [0, 0.05) is 45.5 Å². The zero-order valence-electron chi connectivity index (χ0n) is 37.8. The van der Waals surface area contributed by atoms with Gasteiger partial charge in [0.05, 0.1) is 47.2 Å². The number of aliphatic hydroxyl groups is 2. The van der Waals surface area contributed by atoms with Gasteiger partial charge in [0.1, 0.15) is 11.5 Å². The highest BCUT2D eigenvalue weighted by Crippen LogP contribution is 2.56. The van der Waals surface area contributed by atoms with E-state index >= 15 is 0 Å². The molecule has 62 heavy (non-hydrogen) atoms. The Labute approximate surface area is 368 Å². The first-order valence-electron chi connectivity index (χ1n) is 23.3. The van der Waals surface area contributed by atoms with Crippen molar-refractivity contribution >= 4 is 23.2 Å². The van der Waals surface area contributed by atoms with Crippen molar-refractivity contribution in [3.63, 3.8) is 0 Å². The molecule has 8 rings (SSSR count). The van der Waals surface area contributed by atoms with Gasteiger partial charge in [0.15, 0.2) is 0 Å². The summed E-state index contributed by atoms with van der Waals surface area (Å²) in [6, 6.07) is 19.1. The molecular weight excluding hydrogens is 777 g/mol. The molecule has 10 heteroatoms. The standard InChI is InChI=1S/2C26H34N2O3/c2*1-4-11-25(30)12-13-26(5-2)20(17-25)10-15-31-23-16-19(8-9-21(23)26)24(29)28-22-7-6-14-27-18(22)3/h2*6-9,14,16,20,30H,4-5,10-13,15,17H2,1-3H3,(H,28,29)/t2*20-,25+,26+/m10/s1. The van der Waals surface area contributed by atoms with Crippen molar-refractivity contribution in [3.8, 4) is 11.5 Å². The van der Waals surface area contributed by atoms with Crippen LogP contribution in [0, 0.1) is 25.7 Å². The van der Waals surface area contributed by atoms with Gasteiger partial charge in [-0.1, -0.05) is 52.7 Å². The Kier molecular flexibility index (Phi) is 13.8. The lowest BCUT2D eigenvalue weighted by Gasteiger charge is -2.49. The maximum Gasteiger partial charge on any atom is 0.255 e. The molecular formula is C52H68N4O6. The molecule has 0 unspecified atom stereocenters. The van der Waals surface area contributed by atoms with E-state index < -0.39 is 11.2 Å². The van der Waals surface area contributed by atoms with E-state index in [9.17, 15) is 19.8 Å². The topological polar surface area (TPSA) is 143 Å². The number of aryl methyl sites for hydroxylation is 2. The summed E-state index contributed by atoms with van der Waals surface area (Å²) in [5, 5.41) is 28.2. The van der Waals surface area contributed by atoms with Crippen LogP contribution < -0.4 is 20.1 Å². The Morgan fingerprint density at radius 3 is 1.44 bits per heavy atom. The van der Waals surface area contributed by atoms with E-state index in [0.717, 1.165) is 124 Å². The van der Waals surface area contributed by atoms with Crippen LogP contribution in [0.3, 0.4) is 0 Å². The highest BCUT2D eigenvalue weighted by atomic mass is 16.5. The van der Waals surface area contributed by atoms with Gasteiger partial charge in [-0.15, -0.1) is 0 Å². The molecule has 2 aromatic carbocycles. The number of carbonyl (C=O) groups excluding carboxylic acids is 2. The van der Waals surface area contributed by atoms with Crippen LogP contribution >= 0.6 is 0 Å². The van der Waals surface area contributed by atoms with Crippen molar-refractivity contribution in [3.05, 3.63) is 107 Å². The van der Waals surface area contributed by atoms with Crippen LogP contribution in [-0.2, 0) is 10.8 Å². The number of rotatable bonds is 10. The summed E-state index contributed by atoms with van der Waals surface area (Å²) in [5.74, 6) is 2.11. The molecule has 0 spiro atoms. The molecule has 2 fully saturated rings. The highest BCUT2D eigenvalue weighted by Gasteiger charge is 2.51. The van der Waals surface area contributed by atoms with Crippen LogP contribution in [0.4, 0.5) is 11.4 Å². The minimum atomic E-state index is -0.552. The van der Waals surface area contributed by atoms with Gasteiger partial charge in [-0.2, -0.15) is 0 Å². The predicted octanol–water partition coefficient (Wildman–Crippen LogP) is 10.8. The molecule has 4 N–H and O–H groups in total. The zero-order chi connectivity index (χ0) is 44.1. The van der Waals surface area contributed by atoms with Gasteiger partial charge in [0.2, 0.25) is 0 Å². The molecule has 6 atom stereocenters. The van der Waals surface area contributed by atoms with Crippen LogP contribution in [0.25, 0.3) is 0 Å². The summed E-state index contributed by atoms with van der Waals surface area (Å²) in [7, 11) is 0. The molecule has 4 heterocycles. The summed E-state index contributed by atoms with van der Waals surface area (Å²) in [4.78, 5) is 34.3. The smallest absolute Gasteiger partial charge is 0.255 e. The van der Waals surface area contributed by atoms with Crippen molar-refractivity contribution in [2.24, 2.45) is 11.8 Å². The molecule has 0 saturated heterocycles. The molecule has 2 saturated carbocycles. The number of nitrogens with one attached hydrogen (secondary N) is 2. The third kappa shape index (κ3) is 9.14. The van der Waals surface area contributed by atoms with E-state index in [-0.39, 0.29) is 22.6 Å². The van der Waals surface area contributed by atoms with E-state index in [0.29, 0.717) is 36.2 Å². The normalized spacial score (nSPS) is 27.4. The van der Waals surface area contributed by atoms with Crippen LogP contribution in [0.2, 0.25) is 0 Å². The second kappa shape index (κ2) is 18.9. The fraction of sp³-hybridized carbons (Fsp3) is 0.538. The van der Waals surface area contributed by atoms with E-state index in [1.807, 2.05) is 62.4 Å². The largest absolute Gasteiger partial charge is 0.493 e. The fourth-order valence-corrected chi connectivity index (χ4v) is 11.6. The van der Waals surface area contributed by atoms with Crippen molar-refractivity contribution < 1.29 is 29.3 Å². The lowest BCUT2D eigenvalue weighted by atomic mass is 9.56. The second-order valence-electron chi connectivity index (χ2n) is 18.6. The molecule has 2 aliphatic carbocycles. The number of amides is 2. The zero-order valence-corrected chi connectivity index (χ0v) is 37.8. The number of anilines is 2. The van der Waals surface area contributed by atoms with E-state index in [4.69, 9.17) is 9.47 Å². The molecule has 0 bridgehead atoms. The highest BCUT2D eigenvalue weighted by molar-refractivity contribution is 6.05. The first-order valence-corrected chi connectivity index (χ1v) is 23.3. The summed E-state index contributed by atoms with van der Waals surface area (Å²) in [5.41, 5.74) is 5.49. The van der Waals surface area contributed by atoms with E-state index in [2.05, 4.69) is 60.4 Å². The second-order valence-corrected chi connectivity index (χ2v) is 18.6. The quantitative estimate of drug-likeness (QED) is 0.124.